The van der Waals surface area contributed by atoms with Crippen LogP contribution in [0, 0.1) is 10.1 Å². The Kier molecular flexibility index (Phi) is 4.90. The number of non-ortho nitro benzene ring substituents is 1. The average Bonchev–Trinajstić information content (AvgIpc) is 2.52. The first-order valence-corrected chi connectivity index (χ1v) is 8.05. The summed E-state index contributed by atoms with van der Waals surface area (Å²) in [4.78, 5) is 14.2. The molecule has 0 unspecified atom stereocenters. The summed E-state index contributed by atoms with van der Waals surface area (Å²) >= 11 is 0. The Balaban J connectivity index is 2.17. The lowest BCUT2D eigenvalue weighted by molar-refractivity contribution is -0.384. The molecule has 5 N–H and O–H groups in total. The zero-order chi connectivity index (χ0) is 17.7. The lowest BCUT2D eigenvalue weighted by atomic mass is 10.2. The first kappa shape index (κ1) is 17.1. The van der Waals surface area contributed by atoms with Crippen molar-refractivity contribution in [3.8, 4) is 0 Å². The average molecular weight is 348 g/mol. The number of nitro benzene ring substituents is 1. The fraction of sp³-hybridized carbons (Fsp3) is 0. The maximum absolute atomic E-state index is 11.8. The number of aliphatic imine (C=N–C) groups is 1. The molecule has 0 aliphatic rings. The molecule has 0 atom stereocenters. The van der Waals surface area contributed by atoms with Crippen LogP contribution in [0.3, 0.4) is 0 Å². The Bertz CT molecular complexity index is 899. The highest BCUT2D eigenvalue weighted by atomic mass is 32.2. The summed E-state index contributed by atoms with van der Waals surface area (Å²) in [5, 5.41) is 10.6. The first-order valence-electron chi connectivity index (χ1n) is 6.57. The number of nitrogens with one attached hydrogen (secondary N) is 1. The summed E-state index contributed by atoms with van der Waals surface area (Å²) in [6, 6.07) is 11.6. The Labute approximate surface area is 137 Å². The van der Waals surface area contributed by atoms with Crippen molar-refractivity contribution in [2.45, 2.75) is 4.90 Å². The molecule has 10 heteroatoms. The van der Waals surface area contributed by atoms with Gasteiger partial charge < -0.3 is 0 Å². The molecule has 0 heterocycles. The second-order valence-corrected chi connectivity index (χ2v) is 6.34. The van der Waals surface area contributed by atoms with Gasteiger partial charge in [0.15, 0.2) is 0 Å². The maximum Gasteiger partial charge on any atom is 0.353 e. The normalized spacial score (nSPS) is 11.3. The summed E-state index contributed by atoms with van der Waals surface area (Å²) < 4.78 is 25.6. The Morgan fingerprint density at radius 1 is 1.08 bits per heavy atom. The van der Waals surface area contributed by atoms with E-state index in [4.69, 9.17) is 11.5 Å². The molecule has 124 valence electrons. The van der Waals surface area contributed by atoms with Crippen LogP contribution >= 0.6 is 0 Å². The second kappa shape index (κ2) is 6.87. The summed E-state index contributed by atoms with van der Waals surface area (Å²) in [6.45, 7) is 0. The van der Waals surface area contributed by atoms with E-state index < -0.39 is 20.9 Å². The van der Waals surface area contributed by atoms with Crippen LogP contribution in [0.15, 0.2) is 58.4 Å². The third-order valence-electron chi connectivity index (χ3n) is 2.87. The van der Waals surface area contributed by atoms with Crippen molar-refractivity contribution >= 4 is 33.6 Å². The van der Waals surface area contributed by atoms with Gasteiger partial charge in [0.25, 0.3) is 5.69 Å². The van der Waals surface area contributed by atoms with Gasteiger partial charge >= 0.3 is 16.0 Å². The highest BCUT2D eigenvalue weighted by Crippen LogP contribution is 2.16. The molecule has 24 heavy (non-hydrogen) atoms. The molecule has 9 nitrogen and oxygen atoms in total. The van der Waals surface area contributed by atoms with E-state index in [-0.39, 0.29) is 10.6 Å². The molecular weight excluding hydrogens is 334 g/mol. The molecule has 0 saturated heterocycles. The molecule has 2 rings (SSSR count). The van der Waals surface area contributed by atoms with Crippen LogP contribution in [0.25, 0.3) is 0 Å². The predicted molar refractivity (Wildman–Crippen MR) is 88.3 cm³/mol. The largest absolute Gasteiger partial charge is 0.353 e. The zero-order valence-electron chi connectivity index (χ0n) is 12.3. The number of guanidine groups is 1. The van der Waals surface area contributed by atoms with Gasteiger partial charge in [-0.1, -0.05) is 0 Å². The maximum atomic E-state index is 11.8. The summed E-state index contributed by atoms with van der Waals surface area (Å²) in [5.41, 5.74) is 11.4. The third kappa shape index (κ3) is 4.36. The lowest BCUT2D eigenvalue weighted by Gasteiger charge is -1.99. The van der Waals surface area contributed by atoms with Gasteiger partial charge in [-0.25, -0.2) is 0 Å². The number of sulfonamides is 1. The van der Waals surface area contributed by atoms with Crippen LogP contribution in [-0.4, -0.2) is 25.5 Å². The highest BCUT2D eigenvalue weighted by Gasteiger charge is 2.14. The number of nitro groups is 1. The van der Waals surface area contributed by atoms with Crippen molar-refractivity contribution < 1.29 is 17.7 Å². The van der Waals surface area contributed by atoms with E-state index >= 15 is 0 Å². The zero-order valence-corrected chi connectivity index (χ0v) is 13.1. The van der Waals surface area contributed by atoms with Crippen LogP contribution in [0.4, 0.5) is 11.4 Å². The fourth-order valence-corrected chi connectivity index (χ4v) is 2.68. The van der Waals surface area contributed by atoms with Crippen molar-refractivity contribution in [1.82, 2.24) is 0 Å². The molecule has 0 fully saturated rings. The van der Waals surface area contributed by atoms with E-state index in [0.29, 0.717) is 11.3 Å². The van der Waals surface area contributed by atoms with E-state index in [2.05, 4.69) is 4.99 Å². The number of nitrogens with zero attached hydrogens (tertiary/aromatic N) is 2. The minimum atomic E-state index is -3.81. The molecule has 2 aromatic rings. The van der Waals surface area contributed by atoms with Crippen LogP contribution in [0.5, 0.6) is 0 Å². The minimum Gasteiger partial charge on any atom is -0.290 e. The quantitative estimate of drug-likeness (QED) is 0.283. The predicted octanol–water partition coefficient (Wildman–Crippen LogP) is -0.612. The molecule has 0 bridgehead atoms. The molecule has 0 spiro atoms. The highest BCUT2D eigenvalue weighted by molar-refractivity contribution is 7.84. The summed E-state index contributed by atoms with van der Waals surface area (Å²) in [5.74, 6) is -0.421. The number of rotatable bonds is 5. The summed E-state index contributed by atoms with van der Waals surface area (Å²) in [6.07, 6.45) is 1.51. The number of nitrogens with two attached hydrogens (primary N) is 2. The Hall–Kier alpha value is -3.27. The van der Waals surface area contributed by atoms with E-state index in [0.717, 1.165) is 0 Å². The monoisotopic (exact) mass is 348 g/mol. The molecule has 0 aliphatic heterocycles. The van der Waals surface area contributed by atoms with Crippen molar-refractivity contribution in [2.75, 3.05) is 0 Å². The Morgan fingerprint density at radius 3 is 2.17 bits per heavy atom. The van der Waals surface area contributed by atoms with Crippen molar-refractivity contribution in [3.05, 3.63) is 64.2 Å². The van der Waals surface area contributed by atoms with Crippen LogP contribution in [0.1, 0.15) is 5.56 Å². The molecule has 0 aromatic heterocycles. The first-order chi connectivity index (χ1) is 11.3. The van der Waals surface area contributed by atoms with Crippen molar-refractivity contribution in [1.29, 1.82) is 0 Å². The van der Waals surface area contributed by atoms with Gasteiger partial charge in [-0.05, 0) is 42.0 Å². The fourth-order valence-electron chi connectivity index (χ4n) is 1.76. The summed E-state index contributed by atoms with van der Waals surface area (Å²) in [7, 11) is -3.81. The van der Waals surface area contributed by atoms with E-state index in [1.807, 2.05) is 4.40 Å². The number of hydrogen-bond donors (Lipinski definition) is 3. The smallest absolute Gasteiger partial charge is 0.290 e. The number of benzene rings is 2. The number of hydrogen-bond acceptors (Lipinski definition) is 5. The van der Waals surface area contributed by atoms with Crippen LogP contribution < -0.4 is 15.9 Å². The van der Waals surface area contributed by atoms with Gasteiger partial charge in [0.2, 0.25) is 0 Å². The van der Waals surface area contributed by atoms with Gasteiger partial charge in [0, 0.05) is 18.3 Å². The van der Waals surface area contributed by atoms with Crippen molar-refractivity contribution in [3.63, 3.8) is 0 Å². The van der Waals surface area contributed by atoms with E-state index in [1.54, 1.807) is 12.1 Å². The van der Waals surface area contributed by atoms with Gasteiger partial charge in [-0.2, -0.15) is 12.8 Å². The van der Waals surface area contributed by atoms with Gasteiger partial charge in [0.05, 0.1) is 10.6 Å². The topological polar surface area (TPSA) is 156 Å². The molecule has 2 aromatic carbocycles. The van der Waals surface area contributed by atoms with Crippen LogP contribution in [-0.2, 0) is 10.0 Å². The van der Waals surface area contributed by atoms with Gasteiger partial charge in [0.1, 0.15) is 4.90 Å². The standard InChI is InChI=1S/C14H13N5O4S/c15-14(16)18-24(22,23)13-7-3-11(4-8-13)17-9-10-1-5-12(6-2-10)19(20)21/h1-9H,(H4,15,16,18)/p+1. The molecule has 0 amide bonds. The van der Waals surface area contributed by atoms with Crippen molar-refractivity contribution in [2.24, 2.45) is 16.5 Å². The third-order valence-corrected chi connectivity index (χ3v) is 4.26. The molecule has 0 aliphatic carbocycles. The Morgan fingerprint density at radius 2 is 1.67 bits per heavy atom. The lowest BCUT2D eigenvalue weighted by Crippen LogP contribution is -2.80. The van der Waals surface area contributed by atoms with Gasteiger partial charge in [-0.3, -0.25) is 26.6 Å². The van der Waals surface area contributed by atoms with E-state index in [1.165, 1.54) is 42.6 Å². The van der Waals surface area contributed by atoms with E-state index in [9.17, 15) is 18.5 Å². The molecule has 0 radical (unpaired) electrons. The molecule has 0 saturated carbocycles. The van der Waals surface area contributed by atoms with Gasteiger partial charge in [-0.15, -0.1) is 0 Å². The molecular formula is C14H14N5O4S+. The second-order valence-electron chi connectivity index (χ2n) is 4.66. The minimum absolute atomic E-state index is 0.00908. The SMILES string of the molecule is NC(N)=[NH+]S(=O)(=O)c1ccc(N=Cc2ccc([N+](=O)[O-])cc2)cc1. The van der Waals surface area contributed by atoms with Crippen LogP contribution in [0.2, 0.25) is 0 Å².